The molecule has 2 rings (SSSR count). The third kappa shape index (κ3) is 2.96. The first-order valence-electron chi connectivity index (χ1n) is 5.60. The molecular weight excluding hydrogens is 278 g/mol. The normalized spacial score (nSPS) is 12.7. The number of halogens is 1. The predicted octanol–water partition coefficient (Wildman–Crippen LogP) is 2.74. The van der Waals surface area contributed by atoms with Crippen LogP contribution >= 0.6 is 15.9 Å². The first-order valence-corrected chi connectivity index (χ1v) is 6.40. The van der Waals surface area contributed by atoms with Crippen molar-refractivity contribution < 1.29 is 0 Å². The quantitative estimate of drug-likeness (QED) is 0.946. The zero-order valence-electron chi connectivity index (χ0n) is 10.0. The van der Waals surface area contributed by atoms with Crippen molar-refractivity contribution in [3.8, 4) is 11.3 Å². The van der Waals surface area contributed by atoms with Crippen LogP contribution in [-0.2, 0) is 13.5 Å². The van der Waals surface area contributed by atoms with Crippen LogP contribution in [0.1, 0.15) is 12.6 Å². The van der Waals surface area contributed by atoms with Gasteiger partial charge in [0.25, 0.3) is 0 Å². The zero-order valence-corrected chi connectivity index (χ0v) is 11.6. The fourth-order valence-electron chi connectivity index (χ4n) is 1.85. The molecule has 1 unspecified atom stereocenters. The average molecular weight is 294 g/mol. The minimum absolute atomic E-state index is 0.141. The molecule has 0 saturated carbocycles. The van der Waals surface area contributed by atoms with Crippen molar-refractivity contribution >= 4 is 15.9 Å². The van der Waals surface area contributed by atoms with Crippen molar-refractivity contribution in [3.63, 3.8) is 0 Å². The third-order valence-corrected chi connectivity index (χ3v) is 3.13. The van der Waals surface area contributed by atoms with Crippen LogP contribution < -0.4 is 5.73 Å². The van der Waals surface area contributed by atoms with E-state index in [9.17, 15) is 0 Å². The molecular formula is C13H16BrN3. The molecule has 1 aromatic heterocycles. The highest BCUT2D eigenvalue weighted by Gasteiger charge is 2.08. The first-order chi connectivity index (χ1) is 8.06. The molecule has 2 aromatic rings. The second kappa shape index (κ2) is 5.02. The highest BCUT2D eigenvalue weighted by molar-refractivity contribution is 9.10. The smallest absolute Gasteiger partial charge is 0.0681 e. The van der Waals surface area contributed by atoms with Gasteiger partial charge < -0.3 is 5.73 Å². The van der Waals surface area contributed by atoms with E-state index in [-0.39, 0.29) is 6.04 Å². The largest absolute Gasteiger partial charge is 0.328 e. The van der Waals surface area contributed by atoms with E-state index < -0.39 is 0 Å². The van der Waals surface area contributed by atoms with E-state index >= 15 is 0 Å². The van der Waals surface area contributed by atoms with Crippen molar-refractivity contribution in [2.75, 3.05) is 0 Å². The Morgan fingerprint density at radius 2 is 2.00 bits per heavy atom. The lowest BCUT2D eigenvalue weighted by molar-refractivity contribution is 0.687. The van der Waals surface area contributed by atoms with Crippen LogP contribution in [-0.4, -0.2) is 15.8 Å². The highest BCUT2D eigenvalue weighted by atomic mass is 79.9. The molecule has 0 aliphatic carbocycles. The third-order valence-electron chi connectivity index (χ3n) is 2.60. The van der Waals surface area contributed by atoms with Gasteiger partial charge in [0.15, 0.2) is 0 Å². The Morgan fingerprint density at radius 1 is 1.35 bits per heavy atom. The van der Waals surface area contributed by atoms with E-state index in [2.05, 4.69) is 39.2 Å². The summed E-state index contributed by atoms with van der Waals surface area (Å²) in [5.41, 5.74) is 9.11. The molecule has 1 aromatic carbocycles. The first kappa shape index (κ1) is 12.3. The van der Waals surface area contributed by atoms with Gasteiger partial charge in [-0.25, -0.2) is 0 Å². The lowest BCUT2D eigenvalue weighted by Gasteiger charge is -2.01. The summed E-state index contributed by atoms with van der Waals surface area (Å²) in [6.07, 6.45) is 0.810. The van der Waals surface area contributed by atoms with Crippen LogP contribution in [0.3, 0.4) is 0 Å². The van der Waals surface area contributed by atoms with Crippen molar-refractivity contribution in [2.24, 2.45) is 12.8 Å². The number of benzene rings is 1. The molecule has 0 aliphatic heterocycles. The minimum atomic E-state index is 0.141. The van der Waals surface area contributed by atoms with Crippen molar-refractivity contribution in [1.82, 2.24) is 9.78 Å². The molecule has 0 aliphatic rings. The van der Waals surface area contributed by atoms with Crippen molar-refractivity contribution in [1.29, 1.82) is 0 Å². The fourth-order valence-corrected chi connectivity index (χ4v) is 2.11. The second-order valence-corrected chi connectivity index (χ2v) is 5.25. The molecule has 1 heterocycles. The molecule has 0 spiro atoms. The molecule has 0 fully saturated rings. The van der Waals surface area contributed by atoms with E-state index in [1.807, 2.05) is 30.8 Å². The molecule has 3 nitrogen and oxygen atoms in total. The number of rotatable bonds is 3. The molecule has 0 bridgehead atoms. The van der Waals surface area contributed by atoms with Gasteiger partial charge in [-0.05, 0) is 30.7 Å². The van der Waals surface area contributed by atoms with Gasteiger partial charge in [0.2, 0.25) is 0 Å². The Hall–Kier alpha value is -1.13. The summed E-state index contributed by atoms with van der Waals surface area (Å²) >= 11 is 3.44. The number of nitrogens with zero attached hydrogens (tertiary/aromatic N) is 2. The molecule has 17 heavy (non-hydrogen) atoms. The molecule has 0 saturated heterocycles. The Bertz CT molecular complexity index is 500. The van der Waals surface area contributed by atoms with Crippen LogP contribution in [0.4, 0.5) is 0 Å². The van der Waals surface area contributed by atoms with Gasteiger partial charge in [-0.2, -0.15) is 5.10 Å². The summed E-state index contributed by atoms with van der Waals surface area (Å²) in [7, 11) is 1.96. The molecule has 2 N–H and O–H groups in total. The maximum absolute atomic E-state index is 5.79. The summed E-state index contributed by atoms with van der Waals surface area (Å²) in [5, 5.41) is 4.47. The van der Waals surface area contributed by atoms with Crippen molar-refractivity contribution in [2.45, 2.75) is 19.4 Å². The number of hydrogen-bond acceptors (Lipinski definition) is 2. The lowest BCUT2D eigenvalue weighted by atomic mass is 10.1. The Kier molecular flexibility index (Phi) is 3.64. The molecule has 4 heteroatoms. The number of aryl methyl sites for hydroxylation is 1. The summed E-state index contributed by atoms with van der Waals surface area (Å²) < 4.78 is 2.99. The monoisotopic (exact) mass is 293 g/mol. The number of hydrogen-bond donors (Lipinski definition) is 1. The summed E-state index contributed by atoms with van der Waals surface area (Å²) in [6, 6.07) is 10.5. The van der Waals surface area contributed by atoms with E-state index in [4.69, 9.17) is 5.73 Å². The predicted molar refractivity (Wildman–Crippen MR) is 73.7 cm³/mol. The van der Waals surface area contributed by atoms with Crippen molar-refractivity contribution in [3.05, 3.63) is 40.5 Å². The topological polar surface area (TPSA) is 43.8 Å². The zero-order chi connectivity index (χ0) is 12.4. The minimum Gasteiger partial charge on any atom is -0.328 e. The van der Waals surface area contributed by atoms with Crippen LogP contribution in [0.15, 0.2) is 34.8 Å². The average Bonchev–Trinajstić information content (AvgIpc) is 2.59. The van der Waals surface area contributed by atoms with Gasteiger partial charge in [0.05, 0.1) is 11.4 Å². The van der Waals surface area contributed by atoms with E-state index in [0.717, 1.165) is 22.3 Å². The molecule has 0 radical (unpaired) electrons. The summed E-state index contributed by atoms with van der Waals surface area (Å²) in [6.45, 7) is 1.99. The Labute approximate surface area is 110 Å². The van der Waals surface area contributed by atoms with Gasteiger partial charge in [-0.15, -0.1) is 0 Å². The van der Waals surface area contributed by atoms with E-state index in [1.54, 1.807) is 0 Å². The molecule has 0 amide bonds. The molecule has 1 atom stereocenters. The van der Waals surface area contributed by atoms with Crippen LogP contribution in [0.25, 0.3) is 11.3 Å². The Morgan fingerprint density at radius 3 is 2.59 bits per heavy atom. The summed E-state index contributed by atoms with van der Waals surface area (Å²) in [5.74, 6) is 0. The maximum Gasteiger partial charge on any atom is 0.0681 e. The van der Waals surface area contributed by atoms with Crippen LogP contribution in [0, 0.1) is 0 Å². The van der Waals surface area contributed by atoms with Gasteiger partial charge >= 0.3 is 0 Å². The van der Waals surface area contributed by atoms with E-state index in [0.29, 0.717) is 0 Å². The van der Waals surface area contributed by atoms with E-state index in [1.165, 1.54) is 5.56 Å². The van der Waals surface area contributed by atoms with Gasteiger partial charge in [-0.3, -0.25) is 4.68 Å². The summed E-state index contributed by atoms with van der Waals surface area (Å²) in [4.78, 5) is 0. The van der Waals surface area contributed by atoms with Gasteiger partial charge in [0, 0.05) is 24.0 Å². The van der Waals surface area contributed by atoms with Gasteiger partial charge in [0.1, 0.15) is 0 Å². The second-order valence-electron chi connectivity index (χ2n) is 4.33. The number of nitrogens with two attached hydrogens (primary N) is 1. The fraction of sp³-hybridized carbons (Fsp3) is 0.308. The SMILES string of the molecule is CC(N)Cc1cc(-c2ccc(Br)cc2)n(C)n1. The van der Waals surface area contributed by atoms with Crippen LogP contribution in [0.5, 0.6) is 0 Å². The highest BCUT2D eigenvalue weighted by Crippen LogP contribution is 2.22. The standard InChI is InChI=1S/C13H16BrN3/c1-9(15)7-12-8-13(17(2)16-12)10-3-5-11(14)6-4-10/h3-6,8-9H,7,15H2,1-2H3. The maximum atomic E-state index is 5.79. The lowest BCUT2D eigenvalue weighted by Crippen LogP contribution is -2.18. The van der Waals surface area contributed by atoms with Crippen LogP contribution in [0.2, 0.25) is 0 Å². The molecule has 90 valence electrons. The van der Waals surface area contributed by atoms with Gasteiger partial charge in [-0.1, -0.05) is 28.1 Å². The number of aromatic nitrogens is 2. The Balaban J connectivity index is 2.32.